The van der Waals surface area contributed by atoms with Gasteiger partial charge in [-0.3, -0.25) is 4.79 Å². The number of carboxylic acid groups (broad SMARTS) is 1. The van der Waals surface area contributed by atoms with Crippen molar-refractivity contribution in [3.05, 3.63) is 33.9 Å². The summed E-state index contributed by atoms with van der Waals surface area (Å²) < 4.78 is 16.5. The highest BCUT2D eigenvalue weighted by Crippen LogP contribution is 2.49. The highest BCUT2D eigenvalue weighted by atomic mass is 19.1. The molecule has 3 fully saturated rings. The second-order valence-corrected chi connectivity index (χ2v) is 7.69. The summed E-state index contributed by atoms with van der Waals surface area (Å²) in [4.78, 5) is 30.3. The number of aromatic carboxylic acids is 1. The van der Waals surface area contributed by atoms with Crippen LogP contribution >= 0.6 is 0 Å². The molecule has 7 nitrogen and oxygen atoms in total. The Morgan fingerprint density at radius 1 is 1.42 bits per heavy atom. The highest BCUT2D eigenvalue weighted by molar-refractivity contribution is 5.92. The Kier molecular flexibility index (Phi) is 3.05. The van der Waals surface area contributed by atoms with E-state index >= 15 is 0 Å². The minimum Gasteiger partial charge on any atom is -0.477 e. The van der Waals surface area contributed by atoms with Crippen molar-refractivity contribution in [2.75, 3.05) is 11.4 Å². The summed E-state index contributed by atoms with van der Waals surface area (Å²) in [5.41, 5.74) is 5.34. The third kappa shape index (κ3) is 2.05. The molecule has 5 rings (SSSR count). The summed E-state index contributed by atoms with van der Waals surface area (Å²) in [6.07, 6.45) is 3.13. The van der Waals surface area contributed by atoms with Crippen molar-refractivity contribution < 1.29 is 14.3 Å². The molecule has 3 heterocycles. The van der Waals surface area contributed by atoms with Crippen LogP contribution in [-0.2, 0) is 0 Å². The van der Waals surface area contributed by atoms with Crippen LogP contribution in [0.2, 0.25) is 0 Å². The Labute approximate surface area is 148 Å². The third-order valence-electron chi connectivity index (χ3n) is 6.13. The van der Waals surface area contributed by atoms with E-state index in [0.29, 0.717) is 24.0 Å². The summed E-state index contributed by atoms with van der Waals surface area (Å²) >= 11 is 0. The molecule has 3 aliphatic rings. The molecular formula is C18H19FN4O3. The zero-order valence-corrected chi connectivity index (χ0v) is 14.2. The van der Waals surface area contributed by atoms with E-state index in [1.165, 1.54) is 6.20 Å². The van der Waals surface area contributed by atoms with Crippen molar-refractivity contribution >= 4 is 22.8 Å². The lowest BCUT2D eigenvalue weighted by Gasteiger charge is -2.27. The van der Waals surface area contributed by atoms with E-state index in [1.54, 1.807) is 4.57 Å². The third-order valence-corrected chi connectivity index (χ3v) is 6.13. The summed E-state index contributed by atoms with van der Waals surface area (Å²) in [5.74, 6) is -0.964. The van der Waals surface area contributed by atoms with Crippen molar-refractivity contribution in [2.24, 2.45) is 17.6 Å². The van der Waals surface area contributed by atoms with Crippen LogP contribution in [-0.4, -0.2) is 39.3 Å². The Morgan fingerprint density at radius 3 is 2.73 bits per heavy atom. The van der Waals surface area contributed by atoms with Gasteiger partial charge in [0.25, 0.3) is 0 Å². The van der Waals surface area contributed by atoms with Gasteiger partial charge in [-0.1, -0.05) is 0 Å². The van der Waals surface area contributed by atoms with Gasteiger partial charge in [0.15, 0.2) is 11.6 Å². The first kappa shape index (κ1) is 15.7. The van der Waals surface area contributed by atoms with E-state index in [-0.39, 0.29) is 34.9 Å². The van der Waals surface area contributed by atoms with Gasteiger partial charge in [0.2, 0.25) is 5.43 Å². The van der Waals surface area contributed by atoms with Crippen LogP contribution in [0.25, 0.3) is 11.0 Å². The average molecular weight is 358 g/mol. The van der Waals surface area contributed by atoms with E-state index in [0.717, 1.165) is 18.9 Å². The second-order valence-electron chi connectivity index (χ2n) is 7.69. The fraction of sp³-hybridized carbons (Fsp3) is 0.500. The highest BCUT2D eigenvalue weighted by Gasteiger charge is 2.58. The van der Waals surface area contributed by atoms with Crippen molar-refractivity contribution in [1.29, 1.82) is 0 Å². The molecule has 0 aromatic carbocycles. The molecule has 2 saturated carbocycles. The quantitative estimate of drug-likeness (QED) is 0.859. The number of carbonyl (C=O) groups is 1. The fourth-order valence-corrected chi connectivity index (χ4v) is 4.45. The molecule has 1 saturated heterocycles. The maximum atomic E-state index is 14.8. The number of anilines is 1. The van der Waals surface area contributed by atoms with Gasteiger partial charge in [0, 0.05) is 36.8 Å². The SMILES string of the molecule is C[C@@H]1[C@@H]2[C@@H](N)[C@@H]2CN1c1nc2c(cc1F)c(=O)c(C(=O)O)cn2C1CC1. The van der Waals surface area contributed by atoms with E-state index in [9.17, 15) is 19.1 Å². The van der Waals surface area contributed by atoms with Crippen LogP contribution in [0.3, 0.4) is 0 Å². The average Bonchev–Trinajstić information content (AvgIpc) is 3.49. The smallest absolute Gasteiger partial charge is 0.341 e. The Hall–Kier alpha value is -2.48. The van der Waals surface area contributed by atoms with Crippen LogP contribution < -0.4 is 16.1 Å². The summed E-state index contributed by atoms with van der Waals surface area (Å²) in [7, 11) is 0. The number of nitrogens with zero attached hydrogens (tertiary/aromatic N) is 3. The number of nitrogens with two attached hydrogens (primary N) is 1. The molecule has 136 valence electrons. The fourth-order valence-electron chi connectivity index (χ4n) is 4.45. The number of hydrogen-bond donors (Lipinski definition) is 2. The zero-order chi connectivity index (χ0) is 18.3. The molecule has 4 atom stereocenters. The normalized spacial score (nSPS) is 29.9. The topological polar surface area (TPSA) is 101 Å². The molecule has 0 radical (unpaired) electrons. The lowest BCUT2D eigenvalue weighted by molar-refractivity contribution is 0.0695. The minimum absolute atomic E-state index is 0.0201. The molecule has 0 unspecified atom stereocenters. The van der Waals surface area contributed by atoms with Crippen LogP contribution in [0.15, 0.2) is 17.1 Å². The number of carboxylic acids is 1. The summed E-state index contributed by atoms with van der Waals surface area (Å²) in [6.45, 7) is 2.67. The molecule has 8 heteroatoms. The van der Waals surface area contributed by atoms with Crippen LogP contribution in [0.5, 0.6) is 0 Å². The van der Waals surface area contributed by atoms with Gasteiger partial charge >= 0.3 is 5.97 Å². The maximum Gasteiger partial charge on any atom is 0.341 e. The van der Waals surface area contributed by atoms with Crippen molar-refractivity contribution in [1.82, 2.24) is 9.55 Å². The molecule has 0 spiro atoms. The first-order chi connectivity index (χ1) is 12.4. The van der Waals surface area contributed by atoms with Gasteiger partial charge in [0.05, 0.1) is 5.39 Å². The number of rotatable bonds is 3. The van der Waals surface area contributed by atoms with E-state index in [4.69, 9.17) is 5.73 Å². The molecule has 2 aromatic heterocycles. The predicted octanol–water partition coefficient (Wildman–Crippen LogP) is 1.35. The van der Waals surface area contributed by atoms with Crippen LogP contribution in [0.1, 0.15) is 36.2 Å². The Balaban J connectivity index is 1.69. The molecule has 0 bridgehead atoms. The van der Waals surface area contributed by atoms with Gasteiger partial charge in [-0.15, -0.1) is 0 Å². The van der Waals surface area contributed by atoms with E-state index in [2.05, 4.69) is 4.98 Å². The van der Waals surface area contributed by atoms with Gasteiger partial charge in [-0.2, -0.15) is 0 Å². The molecule has 2 aliphatic carbocycles. The molecule has 0 amide bonds. The molecule has 2 aromatic rings. The molecule has 26 heavy (non-hydrogen) atoms. The largest absolute Gasteiger partial charge is 0.477 e. The number of piperidine rings is 1. The molecule has 3 N–H and O–H groups in total. The number of pyridine rings is 2. The van der Waals surface area contributed by atoms with E-state index < -0.39 is 17.2 Å². The number of hydrogen-bond acceptors (Lipinski definition) is 5. The van der Waals surface area contributed by atoms with Crippen molar-refractivity contribution in [3.8, 4) is 0 Å². The Morgan fingerprint density at radius 2 is 2.15 bits per heavy atom. The van der Waals surface area contributed by atoms with Gasteiger partial charge < -0.3 is 20.3 Å². The predicted molar refractivity (Wildman–Crippen MR) is 93.0 cm³/mol. The van der Waals surface area contributed by atoms with Gasteiger partial charge in [-0.05, 0) is 31.7 Å². The van der Waals surface area contributed by atoms with Crippen LogP contribution in [0.4, 0.5) is 10.2 Å². The second kappa shape index (κ2) is 5.03. The summed E-state index contributed by atoms with van der Waals surface area (Å²) in [6, 6.07) is 1.52. The maximum absolute atomic E-state index is 14.8. The van der Waals surface area contributed by atoms with Crippen molar-refractivity contribution in [3.63, 3.8) is 0 Å². The molecular weight excluding hydrogens is 339 g/mol. The first-order valence-electron chi connectivity index (χ1n) is 8.89. The van der Waals surface area contributed by atoms with Crippen molar-refractivity contribution in [2.45, 2.75) is 37.9 Å². The summed E-state index contributed by atoms with van der Waals surface area (Å²) in [5, 5.41) is 9.31. The lowest BCUT2D eigenvalue weighted by Crippen LogP contribution is -2.36. The van der Waals surface area contributed by atoms with Crippen LogP contribution in [0, 0.1) is 17.7 Å². The monoisotopic (exact) mass is 358 g/mol. The van der Waals surface area contributed by atoms with E-state index in [1.807, 2.05) is 11.8 Å². The van der Waals surface area contributed by atoms with Gasteiger partial charge in [-0.25, -0.2) is 14.2 Å². The standard InChI is InChI=1S/C18H19FN4O3/c1-7-13-10(14(13)20)5-22(7)17-12(19)4-9-15(24)11(18(25)26)6-23(8-2-3-8)16(9)21-17/h4,6-8,10,13-14H,2-3,5,20H2,1H3,(H,25,26)/t7-,10-,13+,14+/m1/s1. The number of aromatic nitrogens is 2. The zero-order valence-electron chi connectivity index (χ0n) is 14.2. The molecule has 1 aliphatic heterocycles. The van der Waals surface area contributed by atoms with Gasteiger partial charge in [0.1, 0.15) is 11.2 Å². The number of fused-ring (bicyclic) bond motifs is 2. The number of halogens is 1. The lowest BCUT2D eigenvalue weighted by atomic mass is 10.1. The Bertz CT molecular complexity index is 1020. The first-order valence-corrected chi connectivity index (χ1v) is 8.89. The minimum atomic E-state index is -1.31.